The summed E-state index contributed by atoms with van der Waals surface area (Å²) < 4.78 is 3.14. The molecule has 0 radical (unpaired) electrons. The molecular formula is C21H25N5O2. The van der Waals surface area contributed by atoms with E-state index in [0.717, 1.165) is 12.0 Å². The first kappa shape index (κ1) is 19.5. The monoisotopic (exact) mass is 379 g/mol. The van der Waals surface area contributed by atoms with Crippen LogP contribution in [0.3, 0.4) is 0 Å². The lowest BCUT2D eigenvalue weighted by atomic mass is 10.1. The largest absolute Gasteiger partial charge is 0.353 e. The second-order valence-electron chi connectivity index (χ2n) is 6.84. The zero-order chi connectivity index (χ0) is 20.3. The molecule has 0 saturated carbocycles. The van der Waals surface area contributed by atoms with E-state index in [1.165, 1.54) is 4.52 Å². The summed E-state index contributed by atoms with van der Waals surface area (Å²) in [7, 11) is 0. The van der Waals surface area contributed by atoms with Gasteiger partial charge in [0.05, 0.1) is 6.42 Å². The highest BCUT2D eigenvalue weighted by molar-refractivity contribution is 5.79. The summed E-state index contributed by atoms with van der Waals surface area (Å²) in [5.41, 5.74) is 1.62. The number of benzene rings is 1. The summed E-state index contributed by atoms with van der Waals surface area (Å²) >= 11 is 0. The van der Waals surface area contributed by atoms with E-state index in [1.54, 1.807) is 6.08 Å². The molecule has 3 aromatic rings. The van der Waals surface area contributed by atoms with Gasteiger partial charge in [-0.15, -0.1) is 11.7 Å². The van der Waals surface area contributed by atoms with Gasteiger partial charge in [0.25, 0.3) is 5.56 Å². The van der Waals surface area contributed by atoms with E-state index in [1.807, 2.05) is 55.7 Å². The Bertz CT molecular complexity index is 1070. The third-order valence-corrected chi connectivity index (χ3v) is 4.82. The number of nitrogens with one attached hydrogen (secondary N) is 1. The first-order valence-electron chi connectivity index (χ1n) is 9.41. The number of carbonyl (C=O) groups is 1. The molecule has 1 N–H and O–H groups in total. The van der Waals surface area contributed by atoms with Crippen molar-refractivity contribution in [3.8, 4) is 11.4 Å². The van der Waals surface area contributed by atoms with Gasteiger partial charge >= 0.3 is 0 Å². The van der Waals surface area contributed by atoms with Gasteiger partial charge in [0.1, 0.15) is 0 Å². The molecule has 0 fully saturated rings. The second-order valence-corrected chi connectivity index (χ2v) is 6.84. The van der Waals surface area contributed by atoms with E-state index in [4.69, 9.17) is 0 Å². The van der Waals surface area contributed by atoms with Gasteiger partial charge in [-0.1, -0.05) is 43.3 Å². The van der Waals surface area contributed by atoms with Crippen molar-refractivity contribution in [2.45, 2.75) is 46.2 Å². The molecule has 0 spiro atoms. The number of aromatic nitrogens is 4. The Morgan fingerprint density at radius 3 is 2.68 bits per heavy atom. The molecule has 28 heavy (non-hydrogen) atoms. The van der Waals surface area contributed by atoms with E-state index in [0.29, 0.717) is 29.4 Å². The Morgan fingerprint density at radius 1 is 1.32 bits per heavy atom. The number of amides is 1. The van der Waals surface area contributed by atoms with Crippen LogP contribution in [0.5, 0.6) is 0 Å². The Balaban J connectivity index is 2.13. The van der Waals surface area contributed by atoms with E-state index in [-0.39, 0.29) is 23.9 Å². The van der Waals surface area contributed by atoms with Crippen LogP contribution in [0.15, 0.2) is 47.8 Å². The van der Waals surface area contributed by atoms with Crippen molar-refractivity contribution in [1.82, 2.24) is 24.5 Å². The van der Waals surface area contributed by atoms with Crippen molar-refractivity contribution in [1.29, 1.82) is 0 Å². The van der Waals surface area contributed by atoms with Crippen LogP contribution in [0.1, 0.15) is 31.5 Å². The van der Waals surface area contributed by atoms with Gasteiger partial charge in [0.15, 0.2) is 5.82 Å². The zero-order valence-corrected chi connectivity index (χ0v) is 16.5. The van der Waals surface area contributed by atoms with Crippen molar-refractivity contribution in [2.75, 3.05) is 0 Å². The van der Waals surface area contributed by atoms with Crippen molar-refractivity contribution in [3.63, 3.8) is 0 Å². The third kappa shape index (κ3) is 3.74. The Labute approximate surface area is 163 Å². The molecule has 7 nitrogen and oxygen atoms in total. The smallest absolute Gasteiger partial charge is 0.279 e. The fourth-order valence-corrected chi connectivity index (χ4v) is 3.06. The number of rotatable bonds is 7. The van der Waals surface area contributed by atoms with Crippen LogP contribution in [0, 0.1) is 6.92 Å². The van der Waals surface area contributed by atoms with Gasteiger partial charge in [-0.05, 0) is 20.3 Å². The molecule has 3 rings (SSSR count). The van der Waals surface area contributed by atoms with E-state index in [9.17, 15) is 9.59 Å². The highest BCUT2D eigenvalue weighted by Crippen LogP contribution is 2.17. The maximum atomic E-state index is 13.1. The molecular weight excluding hydrogens is 354 g/mol. The highest BCUT2D eigenvalue weighted by atomic mass is 16.2. The third-order valence-electron chi connectivity index (χ3n) is 4.82. The Hall–Kier alpha value is -3.22. The lowest BCUT2D eigenvalue weighted by molar-refractivity contribution is -0.121. The molecule has 146 valence electrons. The molecule has 0 saturated heterocycles. The summed E-state index contributed by atoms with van der Waals surface area (Å²) in [6.07, 6.45) is 2.56. The topological polar surface area (TPSA) is 81.3 Å². The van der Waals surface area contributed by atoms with Gasteiger partial charge in [-0.2, -0.15) is 9.50 Å². The molecule has 2 heterocycles. The summed E-state index contributed by atoms with van der Waals surface area (Å²) in [6, 6.07) is 9.55. The van der Waals surface area contributed by atoms with Gasteiger partial charge in [-0.3, -0.25) is 9.59 Å². The first-order chi connectivity index (χ1) is 13.5. The predicted molar refractivity (Wildman–Crippen MR) is 109 cm³/mol. The average Bonchev–Trinajstić information content (AvgIpc) is 3.14. The van der Waals surface area contributed by atoms with Gasteiger partial charge < -0.3 is 9.88 Å². The number of fused-ring (bicyclic) bond motifs is 1. The number of allylic oxidation sites excluding steroid dienone is 1. The quantitative estimate of drug-likeness (QED) is 0.640. The fourth-order valence-electron chi connectivity index (χ4n) is 3.06. The maximum Gasteiger partial charge on any atom is 0.279 e. The molecule has 0 aliphatic heterocycles. The number of hydrogen-bond acceptors (Lipinski definition) is 4. The van der Waals surface area contributed by atoms with Crippen LogP contribution in [-0.4, -0.2) is 31.1 Å². The number of hydrogen-bond donors (Lipinski definition) is 1. The molecule has 1 aromatic carbocycles. The lowest BCUT2D eigenvalue weighted by Crippen LogP contribution is -2.36. The molecule has 1 amide bonds. The summed E-state index contributed by atoms with van der Waals surface area (Å²) in [4.78, 5) is 30.0. The van der Waals surface area contributed by atoms with E-state index >= 15 is 0 Å². The molecule has 1 atom stereocenters. The van der Waals surface area contributed by atoms with Gasteiger partial charge in [0, 0.05) is 29.4 Å². The molecule has 7 heteroatoms. The minimum Gasteiger partial charge on any atom is -0.353 e. The van der Waals surface area contributed by atoms with Crippen molar-refractivity contribution < 1.29 is 4.79 Å². The molecule has 2 aromatic heterocycles. The van der Waals surface area contributed by atoms with E-state index < -0.39 is 0 Å². The fraction of sp³-hybridized carbons (Fsp3) is 0.333. The highest BCUT2D eigenvalue weighted by Gasteiger charge is 2.20. The van der Waals surface area contributed by atoms with E-state index in [2.05, 4.69) is 22.0 Å². The van der Waals surface area contributed by atoms with Crippen LogP contribution in [0.25, 0.3) is 17.2 Å². The normalized spacial score (nSPS) is 12.1. The van der Waals surface area contributed by atoms with Crippen molar-refractivity contribution in [2.24, 2.45) is 0 Å². The van der Waals surface area contributed by atoms with Crippen LogP contribution >= 0.6 is 0 Å². The van der Waals surface area contributed by atoms with Crippen molar-refractivity contribution >= 4 is 11.7 Å². The van der Waals surface area contributed by atoms with Crippen LogP contribution < -0.4 is 10.9 Å². The van der Waals surface area contributed by atoms with Gasteiger partial charge in [-0.25, -0.2) is 0 Å². The minimum atomic E-state index is -0.318. The van der Waals surface area contributed by atoms with Crippen LogP contribution in [-0.2, 0) is 17.8 Å². The zero-order valence-electron chi connectivity index (χ0n) is 16.5. The summed E-state index contributed by atoms with van der Waals surface area (Å²) in [6.45, 7) is 10.0. The molecule has 0 aliphatic carbocycles. The Morgan fingerprint density at radius 2 is 2.04 bits per heavy atom. The predicted octanol–water partition coefficient (Wildman–Crippen LogP) is 2.51. The standard InChI is InChI=1S/C21H25N5O2/c1-5-12-25-15(4)17(13-18(27)22-14(3)6-2)20(28)26-21(25)23-19(24-26)16-10-8-7-9-11-16/h5,7-11,14H,1,6,12-13H2,2-4H3,(H,22,27)/t14-/m1/s1. The first-order valence-corrected chi connectivity index (χ1v) is 9.41. The Kier molecular flexibility index (Phi) is 5.73. The number of nitrogens with zero attached hydrogens (tertiary/aromatic N) is 4. The second kappa shape index (κ2) is 8.21. The van der Waals surface area contributed by atoms with Crippen molar-refractivity contribution in [3.05, 3.63) is 64.6 Å². The number of carbonyl (C=O) groups excluding carboxylic acids is 1. The van der Waals surface area contributed by atoms with Gasteiger partial charge in [0.2, 0.25) is 11.7 Å². The molecule has 0 aliphatic rings. The van der Waals surface area contributed by atoms with Crippen LogP contribution in [0.4, 0.5) is 0 Å². The maximum absolute atomic E-state index is 13.1. The lowest BCUT2D eigenvalue weighted by Gasteiger charge is -2.15. The minimum absolute atomic E-state index is 0.00260. The summed E-state index contributed by atoms with van der Waals surface area (Å²) in [5, 5.41) is 7.33. The molecule has 0 unspecified atom stereocenters. The molecule has 0 bridgehead atoms. The van der Waals surface area contributed by atoms with Crippen LogP contribution in [0.2, 0.25) is 0 Å². The SMILES string of the molecule is C=CCn1c(C)c(CC(=O)N[C@H](C)CC)c(=O)n2nc(-c3ccccc3)nc12. The summed E-state index contributed by atoms with van der Waals surface area (Å²) in [5.74, 6) is 0.728. The average molecular weight is 379 g/mol.